The largest absolute Gasteiger partial charge is 0.379 e. The SMILES string of the molecule is O[C@@](CCc1ccccc1)(c1ccc(Cl)cc1)c1ccccn1. The summed E-state index contributed by atoms with van der Waals surface area (Å²) in [6.45, 7) is 0. The molecule has 23 heavy (non-hydrogen) atoms. The van der Waals surface area contributed by atoms with E-state index in [2.05, 4.69) is 17.1 Å². The maximum Gasteiger partial charge on any atom is 0.132 e. The molecule has 2 nitrogen and oxygen atoms in total. The van der Waals surface area contributed by atoms with Crippen molar-refractivity contribution in [2.75, 3.05) is 0 Å². The lowest BCUT2D eigenvalue weighted by Gasteiger charge is -2.28. The van der Waals surface area contributed by atoms with Crippen molar-refractivity contribution in [2.24, 2.45) is 0 Å². The molecule has 0 aliphatic heterocycles. The van der Waals surface area contributed by atoms with E-state index in [1.165, 1.54) is 5.56 Å². The molecule has 0 aliphatic carbocycles. The highest BCUT2D eigenvalue weighted by Crippen LogP contribution is 2.33. The summed E-state index contributed by atoms with van der Waals surface area (Å²) >= 11 is 5.98. The first-order valence-electron chi connectivity index (χ1n) is 7.62. The first-order valence-corrected chi connectivity index (χ1v) is 8.00. The number of nitrogens with zero attached hydrogens (tertiary/aromatic N) is 1. The molecular formula is C20H18ClNO. The summed E-state index contributed by atoms with van der Waals surface area (Å²) in [7, 11) is 0. The number of hydrogen-bond donors (Lipinski definition) is 1. The average Bonchev–Trinajstić information content (AvgIpc) is 2.62. The number of benzene rings is 2. The summed E-state index contributed by atoms with van der Waals surface area (Å²) < 4.78 is 0. The fourth-order valence-electron chi connectivity index (χ4n) is 2.72. The number of pyridine rings is 1. The van der Waals surface area contributed by atoms with Gasteiger partial charge < -0.3 is 5.11 Å². The third kappa shape index (κ3) is 3.61. The van der Waals surface area contributed by atoms with Crippen LogP contribution >= 0.6 is 11.6 Å². The van der Waals surface area contributed by atoms with E-state index in [0.717, 1.165) is 12.0 Å². The van der Waals surface area contributed by atoms with Gasteiger partial charge in [-0.3, -0.25) is 4.98 Å². The fraction of sp³-hybridized carbons (Fsp3) is 0.150. The number of rotatable bonds is 5. The van der Waals surface area contributed by atoms with E-state index in [1.54, 1.807) is 18.3 Å². The van der Waals surface area contributed by atoms with Gasteiger partial charge in [0.2, 0.25) is 0 Å². The zero-order valence-corrected chi connectivity index (χ0v) is 13.4. The molecule has 1 heterocycles. The summed E-state index contributed by atoms with van der Waals surface area (Å²) in [5, 5.41) is 12.1. The lowest BCUT2D eigenvalue weighted by atomic mass is 9.84. The van der Waals surface area contributed by atoms with E-state index in [-0.39, 0.29) is 0 Å². The molecule has 3 heteroatoms. The Morgan fingerprint density at radius 1 is 0.870 bits per heavy atom. The van der Waals surface area contributed by atoms with Gasteiger partial charge in [-0.1, -0.05) is 60.1 Å². The van der Waals surface area contributed by atoms with Crippen LogP contribution in [0.5, 0.6) is 0 Å². The average molecular weight is 324 g/mol. The highest BCUT2D eigenvalue weighted by Gasteiger charge is 2.32. The Morgan fingerprint density at radius 3 is 2.22 bits per heavy atom. The molecule has 0 saturated heterocycles. The van der Waals surface area contributed by atoms with Crippen LogP contribution in [0.4, 0.5) is 0 Å². The zero-order chi connectivity index (χ0) is 16.1. The maximum atomic E-state index is 11.4. The highest BCUT2D eigenvalue weighted by molar-refractivity contribution is 6.30. The number of aryl methyl sites for hydroxylation is 1. The smallest absolute Gasteiger partial charge is 0.132 e. The van der Waals surface area contributed by atoms with Crippen molar-refractivity contribution in [2.45, 2.75) is 18.4 Å². The van der Waals surface area contributed by atoms with Gasteiger partial charge in [-0.15, -0.1) is 0 Å². The maximum absolute atomic E-state index is 11.4. The molecule has 2 aromatic carbocycles. The monoisotopic (exact) mass is 323 g/mol. The number of aliphatic hydroxyl groups is 1. The zero-order valence-electron chi connectivity index (χ0n) is 12.7. The van der Waals surface area contributed by atoms with E-state index >= 15 is 0 Å². The molecule has 0 saturated carbocycles. The molecule has 116 valence electrons. The molecule has 0 fully saturated rings. The number of hydrogen-bond acceptors (Lipinski definition) is 2. The second-order valence-corrected chi connectivity index (χ2v) is 6.00. The van der Waals surface area contributed by atoms with Crippen molar-refractivity contribution >= 4 is 11.6 Å². The van der Waals surface area contributed by atoms with E-state index in [4.69, 9.17) is 11.6 Å². The van der Waals surface area contributed by atoms with Crippen LogP contribution in [0.1, 0.15) is 23.2 Å². The van der Waals surface area contributed by atoms with E-state index in [9.17, 15) is 5.11 Å². The van der Waals surface area contributed by atoms with Crippen molar-refractivity contribution in [1.29, 1.82) is 0 Å². The third-order valence-corrected chi connectivity index (χ3v) is 4.28. The van der Waals surface area contributed by atoms with Gasteiger partial charge in [0.25, 0.3) is 0 Å². The Balaban J connectivity index is 1.95. The van der Waals surface area contributed by atoms with Crippen LogP contribution in [0.3, 0.4) is 0 Å². The van der Waals surface area contributed by atoms with E-state index in [0.29, 0.717) is 17.1 Å². The molecular weight excluding hydrogens is 306 g/mol. The van der Waals surface area contributed by atoms with Gasteiger partial charge in [0.05, 0.1) is 5.69 Å². The first kappa shape index (κ1) is 15.7. The van der Waals surface area contributed by atoms with Crippen LogP contribution in [0.2, 0.25) is 5.02 Å². The van der Waals surface area contributed by atoms with Crippen molar-refractivity contribution in [3.63, 3.8) is 0 Å². The van der Waals surface area contributed by atoms with E-state index < -0.39 is 5.60 Å². The van der Waals surface area contributed by atoms with Crippen molar-refractivity contribution in [3.05, 3.63) is 101 Å². The summed E-state index contributed by atoms with van der Waals surface area (Å²) in [4.78, 5) is 4.38. The van der Waals surface area contributed by atoms with Crippen molar-refractivity contribution < 1.29 is 5.11 Å². The minimum Gasteiger partial charge on any atom is -0.379 e. The Labute approximate surface area is 141 Å². The predicted molar refractivity (Wildman–Crippen MR) is 93.5 cm³/mol. The molecule has 1 atom stereocenters. The van der Waals surface area contributed by atoms with E-state index in [1.807, 2.05) is 48.5 Å². The van der Waals surface area contributed by atoms with Gasteiger partial charge in [-0.2, -0.15) is 0 Å². The van der Waals surface area contributed by atoms with Crippen LogP contribution in [-0.2, 0) is 12.0 Å². The van der Waals surface area contributed by atoms with Crippen LogP contribution in [0.15, 0.2) is 79.0 Å². The van der Waals surface area contributed by atoms with Gasteiger partial charge in [0.1, 0.15) is 5.60 Å². The minimum absolute atomic E-state index is 0.551. The summed E-state index contributed by atoms with van der Waals surface area (Å²) in [6, 6.07) is 23.1. The lowest BCUT2D eigenvalue weighted by Crippen LogP contribution is -2.29. The lowest BCUT2D eigenvalue weighted by molar-refractivity contribution is 0.0668. The first-order chi connectivity index (χ1) is 11.2. The van der Waals surface area contributed by atoms with Gasteiger partial charge in [0, 0.05) is 11.2 Å². The Bertz CT molecular complexity index is 744. The molecule has 0 unspecified atom stereocenters. The van der Waals surface area contributed by atoms with Crippen molar-refractivity contribution in [1.82, 2.24) is 4.98 Å². The van der Waals surface area contributed by atoms with Gasteiger partial charge in [-0.25, -0.2) is 0 Å². The van der Waals surface area contributed by atoms with Crippen molar-refractivity contribution in [3.8, 4) is 0 Å². The van der Waals surface area contributed by atoms with Crippen LogP contribution in [-0.4, -0.2) is 10.1 Å². The quantitative estimate of drug-likeness (QED) is 0.744. The minimum atomic E-state index is -1.14. The predicted octanol–water partition coefficient (Wildman–Crippen LogP) is 4.60. The second kappa shape index (κ2) is 6.95. The topological polar surface area (TPSA) is 33.1 Å². The molecule has 1 N–H and O–H groups in total. The highest BCUT2D eigenvalue weighted by atomic mass is 35.5. The van der Waals surface area contributed by atoms with Gasteiger partial charge in [-0.05, 0) is 48.2 Å². The van der Waals surface area contributed by atoms with Crippen LogP contribution in [0.25, 0.3) is 0 Å². The van der Waals surface area contributed by atoms with Crippen LogP contribution in [0, 0.1) is 0 Å². The van der Waals surface area contributed by atoms with Gasteiger partial charge >= 0.3 is 0 Å². The normalized spacial score (nSPS) is 13.5. The summed E-state index contributed by atoms with van der Waals surface area (Å²) in [6.07, 6.45) is 3.02. The molecule has 3 rings (SSSR count). The number of halogens is 1. The molecule has 0 radical (unpaired) electrons. The third-order valence-electron chi connectivity index (χ3n) is 4.03. The molecule has 1 aromatic heterocycles. The number of aromatic nitrogens is 1. The molecule has 0 spiro atoms. The molecule has 0 amide bonds. The van der Waals surface area contributed by atoms with Crippen LogP contribution < -0.4 is 0 Å². The molecule has 0 bridgehead atoms. The standard InChI is InChI=1S/C20H18ClNO/c21-18-11-9-17(10-12-18)20(23,19-8-4-5-15-22-19)14-13-16-6-2-1-3-7-16/h1-12,15,23H,13-14H2/t20-/m0/s1. The molecule has 0 aliphatic rings. The molecule has 3 aromatic rings. The fourth-order valence-corrected chi connectivity index (χ4v) is 2.85. The Morgan fingerprint density at radius 2 is 1.57 bits per heavy atom. The van der Waals surface area contributed by atoms with Gasteiger partial charge in [0.15, 0.2) is 0 Å². The summed E-state index contributed by atoms with van der Waals surface area (Å²) in [5.74, 6) is 0. The second-order valence-electron chi connectivity index (χ2n) is 5.57. The Kier molecular flexibility index (Phi) is 4.75. The Hall–Kier alpha value is -2.16. The summed E-state index contributed by atoms with van der Waals surface area (Å²) in [5.41, 5.74) is 1.51.